The second-order valence-electron chi connectivity index (χ2n) is 6.91. The van der Waals surface area contributed by atoms with Gasteiger partial charge in [-0.15, -0.1) is 5.10 Å². The fourth-order valence-electron chi connectivity index (χ4n) is 3.06. The highest BCUT2D eigenvalue weighted by Gasteiger charge is 2.26. The zero-order chi connectivity index (χ0) is 22.0. The van der Waals surface area contributed by atoms with Crippen LogP contribution in [0.4, 0.5) is 8.78 Å². The molecular formula is C21H21F2N5O2. The minimum Gasteiger partial charge on any atom is -0.357 e. The number of aromatic nitrogens is 3. The lowest BCUT2D eigenvalue weighted by atomic mass is 10.1. The monoisotopic (exact) mass is 413 g/mol. The molecule has 0 saturated carbocycles. The number of likely N-dealkylation sites (N-methyl/N-ethyl adjacent to an activating group) is 1. The van der Waals surface area contributed by atoms with Crippen molar-refractivity contribution in [2.45, 2.75) is 26.8 Å². The molecule has 1 atom stereocenters. The highest BCUT2D eigenvalue weighted by molar-refractivity contribution is 5.97. The summed E-state index contributed by atoms with van der Waals surface area (Å²) in [6, 6.07) is 7.49. The predicted molar refractivity (Wildman–Crippen MR) is 106 cm³/mol. The second-order valence-corrected chi connectivity index (χ2v) is 6.91. The summed E-state index contributed by atoms with van der Waals surface area (Å²) >= 11 is 0. The Labute approximate surface area is 172 Å². The number of carbonyl (C=O) groups is 2. The van der Waals surface area contributed by atoms with E-state index >= 15 is 0 Å². The Morgan fingerprint density at radius 1 is 1.00 bits per heavy atom. The Balaban J connectivity index is 1.92. The molecule has 0 aliphatic carbocycles. The zero-order valence-corrected chi connectivity index (χ0v) is 17.0. The van der Waals surface area contributed by atoms with Crippen molar-refractivity contribution in [1.82, 2.24) is 25.6 Å². The van der Waals surface area contributed by atoms with Crippen LogP contribution in [0.1, 0.15) is 38.9 Å². The van der Waals surface area contributed by atoms with Crippen molar-refractivity contribution in [3.8, 4) is 5.69 Å². The normalized spacial score (nSPS) is 11.8. The lowest BCUT2D eigenvalue weighted by Gasteiger charge is -2.17. The maximum absolute atomic E-state index is 13.6. The molecule has 0 aliphatic rings. The van der Waals surface area contributed by atoms with Crippen molar-refractivity contribution in [3.05, 3.63) is 76.1 Å². The van der Waals surface area contributed by atoms with Gasteiger partial charge >= 0.3 is 0 Å². The van der Waals surface area contributed by atoms with E-state index < -0.39 is 29.5 Å². The average molecular weight is 413 g/mol. The van der Waals surface area contributed by atoms with Crippen LogP contribution in [-0.4, -0.2) is 33.9 Å². The molecule has 0 spiro atoms. The van der Waals surface area contributed by atoms with Crippen LogP contribution in [-0.2, 0) is 4.79 Å². The third kappa shape index (κ3) is 4.19. The Morgan fingerprint density at radius 2 is 1.73 bits per heavy atom. The summed E-state index contributed by atoms with van der Waals surface area (Å²) in [6.45, 7) is 5.49. The first-order valence-electron chi connectivity index (χ1n) is 9.20. The third-order valence-corrected chi connectivity index (χ3v) is 4.63. The zero-order valence-electron chi connectivity index (χ0n) is 17.0. The third-order valence-electron chi connectivity index (χ3n) is 4.63. The number of aryl methyl sites for hydroxylation is 3. The molecule has 0 saturated heterocycles. The smallest absolute Gasteiger partial charge is 0.274 e. The molecule has 7 nitrogen and oxygen atoms in total. The van der Waals surface area contributed by atoms with Crippen molar-refractivity contribution in [2.24, 2.45) is 0 Å². The number of rotatable bonds is 5. The fraction of sp³-hybridized carbons (Fsp3) is 0.238. The average Bonchev–Trinajstić information content (AvgIpc) is 3.09. The van der Waals surface area contributed by atoms with Gasteiger partial charge in [-0.2, -0.15) is 9.90 Å². The summed E-state index contributed by atoms with van der Waals surface area (Å²) in [5.74, 6) is -3.42. The van der Waals surface area contributed by atoms with Gasteiger partial charge in [-0.05, 0) is 50.1 Å². The SMILES string of the molecule is CNC(=O)C(NC(=O)c1nn(-c2ccc(C)cc2C)nc1C)c1ccc(F)c(F)c1. The molecule has 3 aromatic rings. The van der Waals surface area contributed by atoms with E-state index in [1.807, 2.05) is 32.0 Å². The van der Waals surface area contributed by atoms with Crippen LogP contribution >= 0.6 is 0 Å². The van der Waals surface area contributed by atoms with Gasteiger partial charge in [-0.3, -0.25) is 9.59 Å². The molecule has 0 bridgehead atoms. The molecule has 2 aromatic carbocycles. The Hall–Kier alpha value is -3.62. The molecule has 156 valence electrons. The van der Waals surface area contributed by atoms with Crippen molar-refractivity contribution in [1.29, 1.82) is 0 Å². The minimum atomic E-state index is -1.23. The molecule has 1 unspecified atom stereocenters. The lowest BCUT2D eigenvalue weighted by Crippen LogP contribution is -2.39. The largest absolute Gasteiger partial charge is 0.357 e. The van der Waals surface area contributed by atoms with Crippen LogP contribution < -0.4 is 10.6 Å². The number of nitrogens with zero attached hydrogens (tertiary/aromatic N) is 3. The summed E-state index contributed by atoms with van der Waals surface area (Å²) in [5, 5.41) is 13.5. The van der Waals surface area contributed by atoms with Crippen LogP contribution in [0.25, 0.3) is 5.69 Å². The molecule has 9 heteroatoms. The molecule has 1 heterocycles. The standard InChI is InChI=1S/C21H21F2N5O2/c1-11-5-8-17(12(2)9-11)28-26-13(3)18(27-28)21(30)25-19(20(29)24-4)14-6-7-15(22)16(23)10-14/h5-10,19H,1-4H3,(H,24,29)(H,25,30). The maximum atomic E-state index is 13.6. The lowest BCUT2D eigenvalue weighted by molar-refractivity contribution is -0.122. The van der Waals surface area contributed by atoms with Gasteiger partial charge in [0.15, 0.2) is 17.3 Å². The second kappa shape index (κ2) is 8.40. The van der Waals surface area contributed by atoms with E-state index in [0.717, 1.165) is 23.3 Å². The van der Waals surface area contributed by atoms with Crippen molar-refractivity contribution in [2.75, 3.05) is 7.05 Å². The van der Waals surface area contributed by atoms with Crippen molar-refractivity contribution in [3.63, 3.8) is 0 Å². The van der Waals surface area contributed by atoms with Crippen LogP contribution in [0.15, 0.2) is 36.4 Å². The summed E-state index contributed by atoms with van der Waals surface area (Å²) in [5.41, 5.74) is 3.20. The van der Waals surface area contributed by atoms with Gasteiger partial charge in [0, 0.05) is 7.05 Å². The highest BCUT2D eigenvalue weighted by Crippen LogP contribution is 2.19. The number of halogens is 2. The molecule has 2 amide bonds. The molecule has 1 aromatic heterocycles. The number of hydrogen-bond acceptors (Lipinski definition) is 4. The summed E-state index contributed by atoms with van der Waals surface area (Å²) in [6.07, 6.45) is 0. The minimum absolute atomic E-state index is 0.0199. The van der Waals surface area contributed by atoms with Gasteiger partial charge in [-0.25, -0.2) is 8.78 Å². The van der Waals surface area contributed by atoms with Gasteiger partial charge in [0.25, 0.3) is 5.91 Å². The number of amides is 2. The summed E-state index contributed by atoms with van der Waals surface area (Å²) in [4.78, 5) is 26.5. The Morgan fingerprint density at radius 3 is 2.37 bits per heavy atom. The summed E-state index contributed by atoms with van der Waals surface area (Å²) < 4.78 is 26.9. The van der Waals surface area contributed by atoms with E-state index in [2.05, 4.69) is 20.8 Å². The number of hydrogen-bond donors (Lipinski definition) is 2. The first kappa shape index (κ1) is 21.1. The maximum Gasteiger partial charge on any atom is 0.274 e. The van der Waals surface area contributed by atoms with Gasteiger partial charge in [0.05, 0.1) is 11.4 Å². The molecule has 0 fully saturated rings. The molecule has 2 N–H and O–H groups in total. The molecule has 0 radical (unpaired) electrons. The van der Waals surface area contributed by atoms with E-state index in [4.69, 9.17) is 0 Å². The Bertz CT molecular complexity index is 1130. The number of benzene rings is 2. The predicted octanol–water partition coefficient (Wildman–Crippen LogP) is 2.69. The van der Waals surface area contributed by atoms with E-state index in [-0.39, 0.29) is 11.3 Å². The van der Waals surface area contributed by atoms with Crippen molar-refractivity contribution < 1.29 is 18.4 Å². The van der Waals surface area contributed by atoms with E-state index in [1.54, 1.807) is 6.92 Å². The van der Waals surface area contributed by atoms with Crippen LogP contribution in [0.5, 0.6) is 0 Å². The van der Waals surface area contributed by atoms with Crippen molar-refractivity contribution >= 4 is 11.8 Å². The topological polar surface area (TPSA) is 88.9 Å². The van der Waals surface area contributed by atoms with Gasteiger partial charge in [-0.1, -0.05) is 23.8 Å². The molecular weight excluding hydrogens is 392 g/mol. The summed E-state index contributed by atoms with van der Waals surface area (Å²) in [7, 11) is 1.38. The van der Waals surface area contributed by atoms with E-state index in [1.165, 1.54) is 17.9 Å². The van der Waals surface area contributed by atoms with Gasteiger partial charge in [0.1, 0.15) is 6.04 Å². The molecule has 30 heavy (non-hydrogen) atoms. The number of carbonyl (C=O) groups excluding carboxylic acids is 2. The molecule has 0 aliphatic heterocycles. The van der Waals surface area contributed by atoms with Crippen LogP contribution in [0, 0.1) is 32.4 Å². The van der Waals surface area contributed by atoms with Gasteiger partial charge < -0.3 is 10.6 Å². The highest BCUT2D eigenvalue weighted by atomic mass is 19.2. The first-order valence-corrected chi connectivity index (χ1v) is 9.20. The van der Waals surface area contributed by atoms with E-state index in [0.29, 0.717) is 11.4 Å². The van der Waals surface area contributed by atoms with Gasteiger partial charge in [0.2, 0.25) is 5.91 Å². The Kier molecular flexibility index (Phi) is 5.91. The fourth-order valence-corrected chi connectivity index (χ4v) is 3.06. The van der Waals surface area contributed by atoms with Crippen LogP contribution in [0.3, 0.4) is 0 Å². The number of nitrogens with one attached hydrogen (secondary N) is 2. The first-order chi connectivity index (χ1) is 14.2. The van der Waals surface area contributed by atoms with E-state index in [9.17, 15) is 18.4 Å². The quantitative estimate of drug-likeness (QED) is 0.673. The molecule has 3 rings (SSSR count). The van der Waals surface area contributed by atoms with Crippen LogP contribution in [0.2, 0.25) is 0 Å².